The van der Waals surface area contributed by atoms with E-state index in [0.717, 1.165) is 11.3 Å². The number of thiophene rings is 1. The SMILES string of the molecule is O=C(Cn1nnc(-c2ccsc2)n1)Nc1ccc(Oc2ccccc2)cc1. The molecule has 0 unspecified atom stereocenters. The van der Waals surface area contributed by atoms with E-state index in [0.29, 0.717) is 17.3 Å². The quantitative estimate of drug-likeness (QED) is 0.552. The van der Waals surface area contributed by atoms with Crippen molar-refractivity contribution in [3.63, 3.8) is 0 Å². The molecule has 7 nitrogen and oxygen atoms in total. The van der Waals surface area contributed by atoms with Crippen molar-refractivity contribution in [3.8, 4) is 22.9 Å². The topological polar surface area (TPSA) is 81.9 Å². The predicted octanol–water partition coefficient (Wildman–Crippen LogP) is 3.83. The van der Waals surface area contributed by atoms with Crippen molar-refractivity contribution >= 4 is 22.9 Å². The average molecular weight is 377 g/mol. The van der Waals surface area contributed by atoms with Gasteiger partial charge in [0.2, 0.25) is 11.7 Å². The molecule has 0 aliphatic rings. The molecule has 1 N–H and O–H groups in total. The lowest BCUT2D eigenvalue weighted by molar-refractivity contribution is -0.117. The summed E-state index contributed by atoms with van der Waals surface area (Å²) in [6, 6.07) is 18.6. The fraction of sp³-hybridized carbons (Fsp3) is 0.0526. The summed E-state index contributed by atoms with van der Waals surface area (Å²) in [6.45, 7) is -0.0145. The van der Waals surface area contributed by atoms with Crippen LogP contribution >= 0.6 is 11.3 Å². The van der Waals surface area contributed by atoms with E-state index < -0.39 is 0 Å². The summed E-state index contributed by atoms with van der Waals surface area (Å²) in [4.78, 5) is 13.5. The zero-order valence-corrected chi connectivity index (χ0v) is 15.0. The van der Waals surface area contributed by atoms with Gasteiger partial charge in [-0.15, -0.1) is 10.2 Å². The number of para-hydroxylation sites is 1. The molecule has 0 atom stereocenters. The van der Waals surface area contributed by atoms with Crippen LogP contribution in [0.4, 0.5) is 5.69 Å². The summed E-state index contributed by atoms with van der Waals surface area (Å²) in [6.07, 6.45) is 0. The van der Waals surface area contributed by atoms with Crippen LogP contribution < -0.4 is 10.1 Å². The number of ether oxygens (including phenoxy) is 1. The summed E-state index contributed by atoms with van der Waals surface area (Å²) in [5.74, 6) is 1.72. The lowest BCUT2D eigenvalue weighted by atomic mass is 10.3. The molecule has 0 aliphatic carbocycles. The van der Waals surface area contributed by atoms with Crippen LogP contribution in [0.3, 0.4) is 0 Å². The van der Waals surface area contributed by atoms with Crippen molar-refractivity contribution in [1.29, 1.82) is 0 Å². The Hall–Kier alpha value is -3.52. The summed E-state index contributed by atoms with van der Waals surface area (Å²) < 4.78 is 5.73. The Labute approximate surface area is 159 Å². The molecule has 4 aromatic rings. The van der Waals surface area contributed by atoms with Crippen molar-refractivity contribution in [2.24, 2.45) is 0 Å². The molecule has 134 valence electrons. The van der Waals surface area contributed by atoms with Crippen LogP contribution in [0, 0.1) is 0 Å². The van der Waals surface area contributed by atoms with Crippen molar-refractivity contribution in [2.75, 3.05) is 5.32 Å². The van der Waals surface area contributed by atoms with Crippen molar-refractivity contribution < 1.29 is 9.53 Å². The number of rotatable bonds is 6. The number of carbonyl (C=O) groups excluding carboxylic acids is 1. The van der Waals surface area contributed by atoms with Crippen LogP contribution in [0.15, 0.2) is 71.4 Å². The molecule has 0 spiro atoms. The van der Waals surface area contributed by atoms with Crippen LogP contribution in [0.25, 0.3) is 11.4 Å². The van der Waals surface area contributed by atoms with E-state index in [-0.39, 0.29) is 12.5 Å². The van der Waals surface area contributed by atoms with E-state index in [1.54, 1.807) is 35.6 Å². The molecule has 27 heavy (non-hydrogen) atoms. The number of nitrogens with one attached hydrogen (secondary N) is 1. The third kappa shape index (κ3) is 4.36. The first-order chi connectivity index (χ1) is 13.3. The number of hydrogen-bond donors (Lipinski definition) is 1. The average Bonchev–Trinajstić information content (AvgIpc) is 3.36. The normalized spacial score (nSPS) is 10.5. The first kappa shape index (κ1) is 16.9. The minimum Gasteiger partial charge on any atom is -0.457 e. The summed E-state index contributed by atoms with van der Waals surface area (Å²) in [5, 5.41) is 18.8. The minimum atomic E-state index is -0.235. The second-order valence-electron chi connectivity index (χ2n) is 5.64. The number of hydrogen-bond acceptors (Lipinski definition) is 6. The summed E-state index contributed by atoms with van der Waals surface area (Å²) >= 11 is 1.55. The van der Waals surface area contributed by atoms with Crippen LogP contribution in [0.2, 0.25) is 0 Å². The van der Waals surface area contributed by atoms with Gasteiger partial charge in [0.1, 0.15) is 18.0 Å². The Morgan fingerprint density at radius 3 is 2.56 bits per heavy atom. The number of benzene rings is 2. The van der Waals surface area contributed by atoms with Crippen LogP contribution in [-0.4, -0.2) is 26.1 Å². The standard InChI is InChI=1S/C19H15N5O2S/c25-18(12-24-22-19(21-23-24)14-10-11-27-13-14)20-15-6-8-17(9-7-15)26-16-4-2-1-3-5-16/h1-11,13H,12H2,(H,20,25). The third-order valence-electron chi connectivity index (χ3n) is 3.63. The van der Waals surface area contributed by atoms with E-state index in [9.17, 15) is 4.79 Å². The second-order valence-corrected chi connectivity index (χ2v) is 6.42. The van der Waals surface area contributed by atoms with Gasteiger partial charge in [-0.2, -0.15) is 16.1 Å². The fourth-order valence-electron chi connectivity index (χ4n) is 2.38. The Balaban J connectivity index is 1.34. The molecule has 2 aromatic carbocycles. The molecule has 2 aromatic heterocycles. The summed E-state index contributed by atoms with van der Waals surface area (Å²) in [5.41, 5.74) is 1.55. The number of tetrazole rings is 1. The number of nitrogens with zero attached hydrogens (tertiary/aromatic N) is 4. The monoisotopic (exact) mass is 377 g/mol. The van der Waals surface area contributed by atoms with Crippen molar-refractivity contribution in [1.82, 2.24) is 20.2 Å². The maximum atomic E-state index is 12.2. The minimum absolute atomic E-state index is 0.0145. The Morgan fingerprint density at radius 1 is 1.04 bits per heavy atom. The van der Waals surface area contributed by atoms with Gasteiger partial charge in [-0.05, 0) is 53.1 Å². The predicted molar refractivity (Wildman–Crippen MR) is 103 cm³/mol. The second kappa shape index (κ2) is 7.79. The number of anilines is 1. The van der Waals surface area contributed by atoms with E-state index >= 15 is 0 Å². The molecule has 0 fully saturated rings. The molecule has 1 amide bonds. The Morgan fingerprint density at radius 2 is 1.81 bits per heavy atom. The molecule has 2 heterocycles. The first-order valence-corrected chi connectivity index (χ1v) is 9.14. The number of aromatic nitrogens is 4. The highest BCUT2D eigenvalue weighted by atomic mass is 32.1. The van der Waals surface area contributed by atoms with E-state index in [2.05, 4.69) is 20.7 Å². The number of carbonyl (C=O) groups is 1. The molecule has 0 aliphatic heterocycles. The molecular formula is C19H15N5O2S. The molecule has 8 heteroatoms. The van der Waals surface area contributed by atoms with E-state index in [1.165, 1.54) is 4.80 Å². The Kier molecular flexibility index (Phi) is 4.88. The third-order valence-corrected chi connectivity index (χ3v) is 4.32. The maximum absolute atomic E-state index is 12.2. The van der Waals surface area contributed by atoms with Gasteiger partial charge in [0, 0.05) is 16.6 Å². The van der Waals surface area contributed by atoms with Crippen LogP contribution in [0.5, 0.6) is 11.5 Å². The van der Waals surface area contributed by atoms with Gasteiger partial charge in [0.15, 0.2) is 0 Å². The van der Waals surface area contributed by atoms with Crippen molar-refractivity contribution in [3.05, 3.63) is 71.4 Å². The van der Waals surface area contributed by atoms with Gasteiger partial charge < -0.3 is 10.1 Å². The Bertz CT molecular complexity index is 1010. The molecule has 0 saturated heterocycles. The van der Waals surface area contributed by atoms with Crippen LogP contribution in [-0.2, 0) is 11.3 Å². The highest BCUT2D eigenvalue weighted by Gasteiger charge is 2.10. The molecule has 0 saturated carbocycles. The lowest BCUT2D eigenvalue weighted by Crippen LogP contribution is -2.20. The van der Waals surface area contributed by atoms with Crippen LogP contribution in [0.1, 0.15) is 0 Å². The first-order valence-electron chi connectivity index (χ1n) is 8.19. The van der Waals surface area contributed by atoms with Gasteiger partial charge in [0.25, 0.3) is 0 Å². The van der Waals surface area contributed by atoms with Gasteiger partial charge in [-0.25, -0.2) is 0 Å². The van der Waals surface area contributed by atoms with Gasteiger partial charge >= 0.3 is 0 Å². The number of amides is 1. The fourth-order valence-corrected chi connectivity index (χ4v) is 3.01. The highest BCUT2D eigenvalue weighted by molar-refractivity contribution is 7.08. The van der Waals surface area contributed by atoms with Crippen molar-refractivity contribution in [2.45, 2.75) is 6.54 Å². The lowest BCUT2D eigenvalue weighted by Gasteiger charge is -2.07. The zero-order valence-electron chi connectivity index (χ0n) is 14.1. The smallest absolute Gasteiger partial charge is 0.248 e. The maximum Gasteiger partial charge on any atom is 0.248 e. The van der Waals surface area contributed by atoms with E-state index in [4.69, 9.17) is 4.74 Å². The van der Waals surface area contributed by atoms with Gasteiger partial charge in [-0.3, -0.25) is 4.79 Å². The molecule has 0 radical (unpaired) electrons. The highest BCUT2D eigenvalue weighted by Crippen LogP contribution is 2.22. The molecular weight excluding hydrogens is 362 g/mol. The zero-order chi connectivity index (χ0) is 18.5. The molecule has 4 rings (SSSR count). The summed E-state index contributed by atoms with van der Waals surface area (Å²) in [7, 11) is 0. The molecule has 0 bridgehead atoms. The van der Waals surface area contributed by atoms with Gasteiger partial charge in [-0.1, -0.05) is 18.2 Å². The van der Waals surface area contributed by atoms with E-state index in [1.807, 2.05) is 47.2 Å². The largest absolute Gasteiger partial charge is 0.457 e. The van der Waals surface area contributed by atoms with Gasteiger partial charge in [0.05, 0.1) is 0 Å².